The van der Waals surface area contributed by atoms with Crippen LogP contribution in [-0.4, -0.2) is 23.3 Å². The van der Waals surface area contributed by atoms with Crippen molar-refractivity contribution in [2.45, 2.75) is 6.61 Å². The largest absolute Gasteiger partial charge is 0.493 e. The van der Waals surface area contributed by atoms with Crippen molar-refractivity contribution in [1.29, 1.82) is 0 Å². The molecule has 0 aliphatic rings. The molecule has 4 rings (SSSR count). The SMILES string of the molecule is COc1cc(/C=N\Nc2ncnc3ccccc23)ccc1OCc1ccccc1. The van der Waals surface area contributed by atoms with Crippen LogP contribution in [0.15, 0.2) is 84.2 Å². The van der Waals surface area contributed by atoms with Crippen LogP contribution >= 0.6 is 0 Å². The van der Waals surface area contributed by atoms with E-state index in [0.29, 0.717) is 23.9 Å². The molecule has 144 valence electrons. The summed E-state index contributed by atoms with van der Waals surface area (Å²) in [4.78, 5) is 8.50. The first-order chi connectivity index (χ1) is 14.3. The number of rotatable bonds is 7. The second-order valence-corrected chi connectivity index (χ2v) is 6.29. The van der Waals surface area contributed by atoms with Crippen molar-refractivity contribution in [2.24, 2.45) is 5.10 Å². The Labute approximate surface area is 168 Å². The number of hydrogen-bond donors (Lipinski definition) is 1. The lowest BCUT2D eigenvalue weighted by Gasteiger charge is -2.11. The lowest BCUT2D eigenvalue weighted by Crippen LogP contribution is -1.99. The molecule has 0 aliphatic heterocycles. The van der Waals surface area contributed by atoms with Gasteiger partial charge in [-0.3, -0.25) is 5.43 Å². The number of hydrazone groups is 1. The first-order valence-corrected chi connectivity index (χ1v) is 9.17. The lowest BCUT2D eigenvalue weighted by molar-refractivity contribution is 0.284. The maximum Gasteiger partial charge on any atom is 0.161 e. The molecule has 0 aliphatic carbocycles. The summed E-state index contributed by atoms with van der Waals surface area (Å²) < 4.78 is 11.4. The number of ether oxygens (including phenoxy) is 2. The van der Waals surface area contributed by atoms with Gasteiger partial charge in [0.1, 0.15) is 12.9 Å². The standard InChI is InChI=1S/C23H20N4O2/c1-28-22-13-18(11-12-21(22)29-15-17-7-3-2-4-8-17)14-26-27-23-19-9-5-6-10-20(19)24-16-25-23/h2-14,16H,15H2,1H3,(H,24,25,27)/b26-14-. The summed E-state index contributed by atoms with van der Waals surface area (Å²) in [5.74, 6) is 1.99. The number of nitrogens with one attached hydrogen (secondary N) is 1. The zero-order chi connectivity index (χ0) is 19.9. The fraction of sp³-hybridized carbons (Fsp3) is 0.0870. The maximum atomic E-state index is 5.89. The fourth-order valence-electron chi connectivity index (χ4n) is 2.88. The molecule has 6 nitrogen and oxygen atoms in total. The molecule has 0 bridgehead atoms. The van der Waals surface area contributed by atoms with E-state index in [2.05, 4.69) is 20.5 Å². The third-order valence-corrected chi connectivity index (χ3v) is 4.35. The average Bonchev–Trinajstić information content (AvgIpc) is 2.79. The van der Waals surface area contributed by atoms with E-state index in [9.17, 15) is 0 Å². The molecule has 4 aromatic rings. The zero-order valence-electron chi connectivity index (χ0n) is 15.9. The molecule has 6 heteroatoms. The number of benzene rings is 3. The van der Waals surface area contributed by atoms with Gasteiger partial charge in [-0.25, -0.2) is 9.97 Å². The highest BCUT2D eigenvalue weighted by Crippen LogP contribution is 2.28. The van der Waals surface area contributed by atoms with Crippen LogP contribution in [0.1, 0.15) is 11.1 Å². The van der Waals surface area contributed by atoms with Crippen LogP contribution in [0.25, 0.3) is 10.9 Å². The maximum absolute atomic E-state index is 5.89. The first-order valence-electron chi connectivity index (χ1n) is 9.17. The quantitative estimate of drug-likeness (QED) is 0.371. The average molecular weight is 384 g/mol. The molecule has 0 radical (unpaired) electrons. The van der Waals surface area contributed by atoms with Crippen molar-refractivity contribution < 1.29 is 9.47 Å². The summed E-state index contributed by atoms with van der Waals surface area (Å²) in [6.45, 7) is 0.479. The highest BCUT2D eigenvalue weighted by molar-refractivity contribution is 5.89. The molecule has 0 saturated heterocycles. The van der Waals surface area contributed by atoms with E-state index in [4.69, 9.17) is 9.47 Å². The van der Waals surface area contributed by atoms with E-state index in [1.165, 1.54) is 6.33 Å². The highest BCUT2D eigenvalue weighted by atomic mass is 16.5. The highest BCUT2D eigenvalue weighted by Gasteiger charge is 2.06. The summed E-state index contributed by atoms with van der Waals surface area (Å²) in [5, 5.41) is 5.21. The van der Waals surface area contributed by atoms with Crippen molar-refractivity contribution >= 4 is 22.9 Å². The number of fused-ring (bicyclic) bond motifs is 1. The number of para-hydroxylation sites is 1. The second kappa shape index (κ2) is 8.84. The number of aromatic nitrogens is 2. The van der Waals surface area contributed by atoms with Gasteiger partial charge in [-0.2, -0.15) is 5.10 Å². The molecule has 1 N–H and O–H groups in total. The van der Waals surface area contributed by atoms with Gasteiger partial charge in [-0.15, -0.1) is 0 Å². The molecule has 29 heavy (non-hydrogen) atoms. The van der Waals surface area contributed by atoms with Gasteiger partial charge >= 0.3 is 0 Å². The number of anilines is 1. The van der Waals surface area contributed by atoms with Gasteiger partial charge in [-0.1, -0.05) is 42.5 Å². The summed E-state index contributed by atoms with van der Waals surface area (Å²) in [7, 11) is 1.62. The second-order valence-electron chi connectivity index (χ2n) is 6.29. The van der Waals surface area contributed by atoms with Gasteiger partial charge in [0, 0.05) is 5.39 Å². The normalized spacial score (nSPS) is 10.9. The van der Waals surface area contributed by atoms with Gasteiger partial charge in [0.05, 0.1) is 18.8 Å². The summed E-state index contributed by atoms with van der Waals surface area (Å²) >= 11 is 0. The monoisotopic (exact) mass is 384 g/mol. The minimum absolute atomic E-state index is 0.479. The third kappa shape index (κ3) is 4.50. The Morgan fingerprint density at radius 2 is 1.76 bits per heavy atom. The van der Waals surface area contributed by atoms with Gasteiger partial charge in [0.15, 0.2) is 17.3 Å². The molecule has 0 atom stereocenters. The Bertz CT molecular complexity index is 1120. The van der Waals surface area contributed by atoms with E-state index < -0.39 is 0 Å². The van der Waals surface area contributed by atoms with Crippen molar-refractivity contribution in [2.75, 3.05) is 12.5 Å². The molecule has 0 unspecified atom stereocenters. The van der Waals surface area contributed by atoms with Gasteiger partial charge in [0.25, 0.3) is 0 Å². The molecule has 0 amide bonds. The van der Waals surface area contributed by atoms with Crippen LogP contribution < -0.4 is 14.9 Å². The first kappa shape index (κ1) is 18.4. The molecule has 3 aromatic carbocycles. The minimum Gasteiger partial charge on any atom is -0.493 e. The van der Waals surface area contributed by atoms with E-state index in [-0.39, 0.29) is 0 Å². The summed E-state index contributed by atoms with van der Waals surface area (Å²) in [5.41, 5.74) is 5.82. The minimum atomic E-state index is 0.479. The summed E-state index contributed by atoms with van der Waals surface area (Å²) in [6, 6.07) is 23.5. The fourth-order valence-corrected chi connectivity index (χ4v) is 2.88. The van der Waals surface area contributed by atoms with Crippen molar-refractivity contribution in [1.82, 2.24) is 9.97 Å². The van der Waals surface area contributed by atoms with E-state index in [0.717, 1.165) is 22.0 Å². The van der Waals surface area contributed by atoms with Crippen molar-refractivity contribution in [3.05, 3.63) is 90.3 Å². The van der Waals surface area contributed by atoms with Gasteiger partial charge in [0.2, 0.25) is 0 Å². The van der Waals surface area contributed by atoms with E-state index in [1.54, 1.807) is 13.3 Å². The van der Waals surface area contributed by atoms with Crippen LogP contribution in [-0.2, 0) is 6.61 Å². The molecular weight excluding hydrogens is 364 g/mol. The predicted octanol–water partition coefficient (Wildman–Crippen LogP) is 4.66. The van der Waals surface area contributed by atoms with Crippen LogP contribution in [0.5, 0.6) is 11.5 Å². The van der Waals surface area contributed by atoms with Crippen molar-refractivity contribution in [3.8, 4) is 11.5 Å². The number of hydrogen-bond acceptors (Lipinski definition) is 6. The molecule has 0 fully saturated rings. The zero-order valence-corrected chi connectivity index (χ0v) is 15.9. The Hall–Kier alpha value is -3.93. The number of methoxy groups -OCH3 is 1. The Morgan fingerprint density at radius 3 is 2.62 bits per heavy atom. The molecular formula is C23H20N4O2. The van der Waals surface area contributed by atoms with E-state index in [1.807, 2.05) is 72.8 Å². The van der Waals surface area contributed by atoms with Crippen LogP contribution in [0.3, 0.4) is 0 Å². The molecule has 0 saturated carbocycles. The van der Waals surface area contributed by atoms with Gasteiger partial charge in [-0.05, 0) is 41.5 Å². The molecule has 0 spiro atoms. The van der Waals surface area contributed by atoms with Crippen LogP contribution in [0.4, 0.5) is 5.82 Å². The van der Waals surface area contributed by atoms with E-state index >= 15 is 0 Å². The number of nitrogens with zero attached hydrogens (tertiary/aromatic N) is 3. The van der Waals surface area contributed by atoms with Gasteiger partial charge < -0.3 is 9.47 Å². The molecule has 1 aromatic heterocycles. The summed E-state index contributed by atoms with van der Waals surface area (Å²) in [6.07, 6.45) is 3.22. The topological polar surface area (TPSA) is 68.6 Å². The van der Waals surface area contributed by atoms with Crippen LogP contribution in [0.2, 0.25) is 0 Å². The third-order valence-electron chi connectivity index (χ3n) is 4.35. The Balaban J connectivity index is 1.46. The smallest absolute Gasteiger partial charge is 0.161 e. The van der Waals surface area contributed by atoms with Crippen LogP contribution in [0, 0.1) is 0 Å². The Kier molecular flexibility index (Phi) is 5.62. The lowest BCUT2D eigenvalue weighted by atomic mass is 10.2. The van der Waals surface area contributed by atoms with Crippen molar-refractivity contribution in [3.63, 3.8) is 0 Å². The predicted molar refractivity (Wildman–Crippen MR) is 115 cm³/mol. The molecule has 1 heterocycles. The Morgan fingerprint density at radius 1 is 0.931 bits per heavy atom.